The Hall–Kier alpha value is -1.17. The van der Waals surface area contributed by atoms with E-state index in [1.165, 1.54) is 321 Å². The lowest BCUT2D eigenvalue weighted by Crippen LogP contribution is -2.50. The molecule has 0 aromatic heterocycles. The second-order valence-electron chi connectivity index (χ2n) is 24.1. The Morgan fingerprint density at radius 1 is 0.320 bits per heavy atom. The SMILES string of the molecule is CCCCCCCCCCCCCCC/C=C/CC/C=C/CCCC(O)C(O)C(CO)NC(=O)CCCCCCCCCCCCCCCCCCCCCCCCCCCCCCCCCCCCCCCCC. The smallest absolute Gasteiger partial charge is 0.220 e. The number of aliphatic hydroxyl groups is 3. The quantitative estimate of drug-likeness (QED) is 0.0361. The van der Waals surface area contributed by atoms with Gasteiger partial charge in [-0.25, -0.2) is 0 Å². The summed E-state index contributed by atoms with van der Waals surface area (Å²) in [4.78, 5) is 12.6. The van der Waals surface area contributed by atoms with Crippen molar-refractivity contribution < 1.29 is 20.1 Å². The Balaban J connectivity index is 3.45. The van der Waals surface area contributed by atoms with Gasteiger partial charge >= 0.3 is 0 Å². The van der Waals surface area contributed by atoms with Crippen LogP contribution in [0.25, 0.3) is 0 Å². The number of carbonyl (C=O) groups excluding carboxylic acids is 1. The summed E-state index contributed by atoms with van der Waals surface area (Å²) >= 11 is 0. The molecule has 0 bridgehead atoms. The maximum atomic E-state index is 12.6. The highest BCUT2D eigenvalue weighted by atomic mass is 16.3. The molecular weight excluding hydrogens is 919 g/mol. The molecule has 3 atom stereocenters. The maximum Gasteiger partial charge on any atom is 0.220 e. The summed E-state index contributed by atoms with van der Waals surface area (Å²) in [5, 5.41) is 33.8. The number of hydrogen-bond acceptors (Lipinski definition) is 4. The first kappa shape index (κ1) is 73.8. The van der Waals surface area contributed by atoms with Gasteiger partial charge in [0, 0.05) is 6.42 Å². The van der Waals surface area contributed by atoms with E-state index in [1.54, 1.807) is 0 Å². The van der Waals surface area contributed by atoms with Gasteiger partial charge in [-0.1, -0.05) is 359 Å². The van der Waals surface area contributed by atoms with Crippen molar-refractivity contribution in [1.82, 2.24) is 5.32 Å². The van der Waals surface area contributed by atoms with Crippen LogP contribution >= 0.6 is 0 Å². The standard InChI is InChI=1S/C70H137NO4/c1-3-5-7-9-11-13-15-17-19-21-23-25-27-28-29-30-31-32-33-34-35-36-37-38-39-40-41-42-43-45-47-49-51-53-55-57-59-61-63-65-69(74)71-67(66-72)70(75)68(73)64-62-60-58-56-54-52-50-48-46-44-26-24-22-20-18-16-14-12-10-8-6-4-2/h48,50,56,58,67-68,70,72-73,75H,3-47,49,51-55,57,59-66H2,1-2H3,(H,71,74)/b50-48+,58-56+. The molecule has 0 heterocycles. The molecule has 1 amide bonds. The van der Waals surface area contributed by atoms with Crippen molar-refractivity contribution in [3.05, 3.63) is 24.3 Å². The van der Waals surface area contributed by atoms with Crippen molar-refractivity contribution in [2.24, 2.45) is 0 Å². The molecule has 446 valence electrons. The lowest BCUT2D eigenvalue weighted by Gasteiger charge is -2.26. The second kappa shape index (κ2) is 65.3. The van der Waals surface area contributed by atoms with E-state index in [-0.39, 0.29) is 12.5 Å². The van der Waals surface area contributed by atoms with E-state index in [1.807, 2.05) is 0 Å². The largest absolute Gasteiger partial charge is 0.394 e. The summed E-state index contributed by atoms with van der Waals surface area (Å²) in [6, 6.07) is -0.831. The number of rotatable bonds is 65. The fraction of sp³-hybridized carbons (Fsp3) is 0.929. The van der Waals surface area contributed by atoms with E-state index in [0.717, 1.165) is 44.9 Å². The predicted octanol–water partition coefficient (Wildman–Crippen LogP) is 22.4. The van der Waals surface area contributed by atoms with Crippen molar-refractivity contribution in [1.29, 1.82) is 0 Å². The van der Waals surface area contributed by atoms with Crippen LogP contribution in [0, 0.1) is 0 Å². The Labute approximate surface area is 471 Å². The van der Waals surface area contributed by atoms with E-state index in [4.69, 9.17) is 0 Å². The molecule has 0 rings (SSSR count). The summed E-state index contributed by atoms with van der Waals surface area (Å²) in [5.74, 6) is -0.150. The van der Waals surface area contributed by atoms with Crippen molar-refractivity contribution in [3.63, 3.8) is 0 Å². The first-order valence-electron chi connectivity index (χ1n) is 34.6. The number of carbonyl (C=O) groups is 1. The molecule has 4 N–H and O–H groups in total. The van der Waals surface area contributed by atoms with Crippen LogP contribution in [0.15, 0.2) is 24.3 Å². The zero-order valence-electron chi connectivity index (χ0n) is 51.2. The van der Waals surface area contributed by atoms with Gasteiger partial charge in [-0.05, 0) is 51.4 Å². The Morgan fingerprint density at radius 2 is 0.547 bits per heavy atom. The molecular formula is C70H137NO4. The fourth-order valence-corrected chi connectivity index (χ4v) is 11.2. The van der Waals surface area contributed by atoms with Crippen molar-refractivity contribution >= 4 is 5.91 Å². The number of hydrogen-bond donors (Lipinski definition) is 4. The average Bonchev–Trinajstić information content (AvgIpc) is 3.41. The molecule has 0 spiro atoms. The summed E-state index contributed by atoms with van der Waals surface area (Å²) in [6.45, 7) is 4.22. The third kappa shape index (κ3) is 60.3. The van der Waals surface area contributed by atoms with E-state index in [0.29, 0.717) is 12.8 Å². The van der Waals surface area contributed by atoms with Gasteiger partial charge in [-0.3, -0.25) is 4.79 Å². The molecule has 0 radical (unpaired) electrons. The number of unbranched alkanes of at least 4 members (excludes halogenated alkanes) is 53. The molecule has 5 heteroatoms. The van der Waals surface area contributed by atoms with Crippen molar-refractivity contribution in [2.75, 3.05) is 6.61 Å². The van der Waals surface area contributed by atoms with Gasteiger partial charge in [0.1, 0.15) is 6.10 Å². The molecule has 0 fully saturated rings. The lowest BCUT2D eigenvalue weighted by atomic mass is 10.0. The van der Waals surface area contributed by atoms with Gasteiger partial charge in [0.2, 0.25) is 5.91 Å². The van der Waals surface area contributed by atoms with Crippen molar-refractivity contribution in [3.8, 4) is 0 Å². The average molecular weight is 1060 g/mol. The first-order chi connectivity index (χ1) is 37.1. The van der Waals surface area contributed by atoms with Gasteiger partial charge in [-0.15, -0.1) is 0 Å². The summed E-state index contributed by atoms with van der Waals surface area (Å²) in [5.41, 5.74) is 0. The van der Waals surface area contributed by atoms with Gasteiger partial charge in [-0.2, -0.15) is 0 Å². The zero-order valence-corrected chi connectivity index (χ0v) is 51.2. The Morgan fingerprint density at radius 3 is 0.813 bits per heavy atom. The van der Waals surface area contributed by atoms with E-state index in [9.17, 15) is 20.1 Å². The number of amides is 1. The minimum absolute atomic E-state index is 0.150. The molecule has 3 unspecified atom stereocenters. The van der Waals surface area contributed by atoms with E-state index >= 15 is 0 Å². The molecule has 0 aliphatic carbocycles. The van der Waals surface area contributed by atoms with Crippen LogP contribution in [-0.4, -0.2) is 46.1 Å². The first-order valence-corrected chi connectivity index (χ1v) is 34.6. The number of nitrogens with one attached hydrogen (secondary N) is 1. The number of allylic oxidation sites excluding steroid dienone is 4. The highest BCUT2D eigenvalue weighted by Gasteiger charge is 2.26. The lowest BCUT2D eigenvalue weighted by molar-refractivity contribution is -0.124. The topological polar surface area (TPSA) is 89.8 Å². The van der Waals surface area contributed by atoms with E-state index < -0.39 is 18.2 Å². The maximum absolute atomic E-state index is 12.6. The van der Waals surface area contributed by atoms with E-state index in [2.05, 4.69) is 43.5 Å². The van der Waals surface area contributed by atoms with Crippen LogP contribution in [0.5, 0.6) is 0 Å². The van der Waals surface area contributed by atoms with Gasteiger partial charge in [0.15, 0.2) is 0 Å². The monoisotopic (exact) mass is 1060 g/mol. The normalized spacial score (nSPS) is 13.2. The third-order valence-electron chi connectivity index (χ3n) is 16.5. The van der Waals surface area contributed by atoms with Crippen molar-refractivity contribution in [2.45, 2.75) is 411 Å². The molecule has 0 saturated heterocycles. The third-order valence-corrected chi connectivity index (χ3v) is 16.5. The minimum Gasteiger partial charge on any atom is -0.394 e. The fourth-order valence-electron chi connectivity index (χ4n) is 11.2. The highest BCUT2D eigenvalue weighted by molar-refractivity contribution is 5.76. The molecule has 0 aromatic rings. The number of aliphatic hydroxyl groups excluding tert-OH is 3. The van der Waals surface area contributed by atoms with Crippen LogP contribution in [0.2, 0.25) is 0 Å². The molecule has 0 saturated carbocycles. The van der Waals surface area contributed by atoms with Crippen LogP contribution in [-0.2, 0) is 4.79 Å². The van der Waals surface area contributed by atoms with Gasteiger partial charge in [0.25, 0.3) is 0 Å². The Kier molecular flexibility index (Phi) is 64.3. The van der Waals surface area contributed by atoms with Gasteiger partial charge < -0.3 is 20.6 Å². The molecule has 0 aromatic carbocycles. The van der Waals surface area contributed by atoms with Crippen LogP contribution in [0.4, 0.5) is 0 Å². The second-order valence-corrected chi connectivity index (χ2v) is 24.1. The minimum atomic E-state index is -1.17. The van der Waals surface area contributed by atoms with Crippen LogP contribution in [0.3, 0.4) is 0 Å². The molecule has 0 aliphatic heterocycles. The summed E-state index contributed by atoms with van der Waals surface area (Å²) in [6.07, 6.45) is 85.5. The summed E-state index contributed by atoms with van der Waals surface area (Å²) < 4.78 is 0. The zero-order chi connectivity index (χ0) is 54.3. The highest BCUT2D eigenvalue weighted by Crippen LogP contribution is 2.19. The molecule has 5 nitrogen and oxygen atoms in total. The van der Waals surface area contributed by atoms with Crippen LogP contribution in [0.1, 0.15) is 393 Å². The molecule has 0 aliphatic rings. The summed E-state index contributed by atoms with van der Waals surface area (Å²) in [7, 11) is 0. The van der Waals surface area contributed by atoms with Crippen LogP contribution < -0.4 is 5.32 Å². The molecule has 75 heavy (non-hydrogen) atoms. The predicted molar refractivity (Wildman–Crippen MR) is 333 cm³/mol. The van der Waals surface area contributed by atoms with Gasteiger partial charge in [0.05, 0.1) is 18.8 Å². The Bertz CT molecular complexity index is 1120.